The summed E-state index contributed by atoms with van der Waals surface area (Å²) in [7, 11) is 0. The van der Waals surface area contributed by atoms with Gasteiger partial charge in [-0.05, 0) is 67.1 Å². The highest BCUT2D eigenvalue weighted by Crippen LogP contribution is 2.35. The van der Waals surface area contributed by atoms with Crippen LogP contribution < -0.4 is 10.3 Å². The van der Waals surface area contributed by atoms with E-state index in [0.29, 0.717) is 24.2 Å². The second-order valence-electron chi connectivity index (χ2n) is 7.26. The van der Waals surface area contributed by atoms with Gasteiger partial charge in [0, 0.05) is 13.1 Å². The Morgan fingerprint density at radius 2 is 1.70 bits per heavy atom. The molecule has 1 aromatic heterocycles. The van der Waals surface area contributed by atoms with Crippen molar-refractivity contribution < 1.29 is 18.7 Å². The predicted molar refractivity (Wildman–Crippen MR) is 111 cm³/mol. The Labute approximate surface area is 173 Å². The second-order valence-corrected chi connectivity index (χ2v) is 7.26. The van der Waals surface area contributed by atoms with Crippen LogP contribution in [0.1, 0.15) is 25.3 Å². The lowest BCUT2D eigenvalue weighted by Crippen LogP contribution is -2.27. The van der Waals surface area contributed by atoms with Gasteiger partial charge in [-0.1, -0.05) is 24.3 Å². The van der Waals surface area contributed by atoms with Crippen molar-refractivity contribution in [1.82, 2.24) is 9.36 Å². The molecule has 1 aliphatic rings. The maximum atomic E-state index is 13.3. The van der Waals surface area contributed by atoms with E-state index in [-0.39, 0.29) is 23.9 Å². The number of rotatable bonds is 4. The number of hydrogen-bond acceptors (Lipinski definition) is 4. The van der Waals surface area contributed by atoms with E-state index < -0.39 is 6.16 Å². The standard InChI is InChI=1S/C23H23FN2O4/c1-3-29-23(28)30-22-20(21(27)25-12-4-5-13-26(22)25)19-14-17(7-6-15(19)2)16-8-10-18(24)11-9-16/h6-11,14H,3-5,12-13H2,1-2H3. The molecule has 0 saturated carbocycles. The highest BCUT2D eigenvalue weighted by atomic mass is 19.1. The van der Waals surface area contributed by atoms with E-state index in [1.54, 1.807) is 28.4 Å². The molecule has 1 aliphatic heterocycles. The Kier molecular flexibility index (Phi) is 5.44. The van der Waals surface area contributed by atoms with Crippen molar-refractivity contribution in [3.63, 3.8) is 0 Å². The van der Waals surface area contributed by atoms with Crippen molar-refractivity contribution >= 4 is 6.16 Å². The van der Waals surface area contributed by atoms with Gasteiger partial charge in [0.05, 0.1) is 6.61 Å². The molecule has 6 nitrogen and oxygen atoms in total. The van der Waals surface area contributed by atoms with Crippen molar-refractivity contribution in [3.05, 3.63) is 64.2 Å². The number of ether oxygens (including phenoxy) is 2. The molecule has 0 atom stereocenters. The average molecular weight is 410 g/mol. The summed E-state index contributed by atoms with van der Waals surface area (Å²) in [6.07, 6.45) is 0.940. The Bertz CT molecular complexity index is 1150. The van der Waals surface area contributed by atoms with Gasteiger partial charge >= 0.3 is 6.16 Å². The average Bonchev–Trinajstić information content (AvgIpc) is 3.01. The number of nitrogens with zero attached hydrogens (tertiary/aromatic N) is 2. The Balaban J connectivity index is 1.88. The monoisotopic (exact) mass is 410 g/mol. The lowest BCUT2D eigenvalue weighted by atomic mass is 9.96. The van der Waals surface area contributed by atoms with Crippen molar-refractivity contribution in [1.29, 1.82) is 0 Å². The van der Waals surface area contributed by atoms with Gasteiger partial charge in [0.25, 0.3) is 5.56 Å². The molecule has 7 heteroatoms. The van der Waals surface area contributed by atoms with E-state index in [9.17, 15) is 14.0 Å². The molecule has 3 aromatic rings. The molecular weight excluding hydrogens is 387 g/mol. The molecule has 156 valence electrons. The number of carbonyl (C=O) groups excluding carboxylic acids is 1. The molecule has 0 unspecified atom stereocenters. The molecule has 30 heavy (non-hydrogen) atoms. The van der Waals surface area contributed by atoms with Gasteiger partial charge in [0.1, 0.15) is 11.4 Å². The Morgan fingerprint density at radius 3 is 2.40 bits per heavy atom. The number of aromatic nitrogens is 2. The Hall–Kier alpha value is -3.35. The number of halogens is 1. The number of aryl methyl sites for hydroxylation is 1. The zero-order valence-corrected chi connectivity index (χ0v) is 17.0. The summed E-state index contributed by atoms with van der Waals surface area (Å²) in [5.74, 6) is -0.105. The van der Waals surface area contributed by atoms with Crippen molar-refractivity contribution in [2.75, 3.05) is 6.61 Å². The SMILES string of the molecule is CCOC(=O)Oc1c(-c2cc(-c3ccc(F)cc3)ccc2C)c(=O)n2n1CCCC2. The third kappa shape index (κ3) is 3.63. The van der Waals surface area contributed by atoms with Crippen LogP contribution in [0.15, 0.2) is 47.3 Å². The summed E-state index contributed by atoms with van der Waals surface area (Å²) in [5, 5.41) is 0. The first-order valence-corrected chi connectivity index (χ1v) is 10.0. The van der Waals surface area contributed by atoms with Crippen LogP contribution in [0.3, 0.4) is 0 Å². The minimum atomic E-state index is -0.836. The normalized spacial score (nSPS) is 13.0. The number of fused-ring (bicyclic) bond motifs is 1. The van der Waals surface area contributed by atoms with Crippen LogP contribution in [0.25, 0.3) is 22.3 Å². The number of carbonyl (C=O) groups is 1. The highest BCUT2D eigenvalue weighted by Gasteiger charge is 2.28. The minimum absolute atomic E-state index is 0.179. The van der Waals surface area contributed by atoms with E-state index in [4.69, 9.17) is 9.47 Å². The topological polar surface area (TPSA) is 62.5 Å². The summed E-state index contributed by atoms with van der Waals surface area (Å²) < 4.78 is 27.1. The maximum absolute atomic E-state index is 13.3. The van der Waals surface area contributed by atoms with Crippen LogP contribution in [0, 0.1) is 12.7 Å². The molecule has 0 fully saturated rings. The molecule has 0 amide bonds. The number of benzene rings is 2. The third-order valence-electron chi connectivity index (χ3n) is 5.30. The van der Waals surface area contributed by atoms with Gasteiger partial charge in [-0.15, -0.1) is 0 Å². The molecule has 4 rings (SSSR count). The Morgan fingerprint density at radius 1 is 1.03 bits per heavy atom. The van der Waals surface area contributed by atoms with Crippen LogP contribution in [-0.4, -0.2) is 22.1 Å². The van der Waals surface area contributed by atoms with E-state index >= 15 is 0 Å². The molecule has 0 radical (unpaired) electrons. The zero-order valence-electron chi connectivity index (χ0n) is 17.0. The second kappa shape index (κ2) is 8.18. The van der Waals surface area contributed by atoms with Crippen LogP contribution in [0.5, 0.6) is 5.88 Å². The molecule has 0 N–H and O–H groups in total. The van der Waals surface area contributed by atoms with Crippen molar-refractivity contribution in [2.24, 2.45) is 0 Å². The third-order valence-corrected chi connectivity index (χ3v) is 5.30. The van der Waals surface area contributed by atoms with Crippen LogP contribution in [0.4, 0.5) is 9.18 Å². The van der Waals surface area contributed by atoms with E-state index in [0.717, 1.165) is 29.5 Å². The van der Waals surface area contributed by atoms with Crippen LogP contribution in [-0.2, 0) is 17.8 Å². The zero-order chi connectivity index (χ0) is 21.3. The fraction of sp³-hybridized carbons (Fsp3) is 0.304. The molecule has 0 saturated heterocycles. The van der Waals surface area contributed by atoms with Gasteiger partial charge < -0.3 is 9.47 Å². The van der Waals surface area contributed by atoms with Gasteiger partial charge in [0.2, 0.25) is 5.88 Å². The highest BCUT2D eigenvalue weighted by molar-refractivity contribution is 5.79. The first-order chi connectivity index (χ1) is 14.5. The van der Waals surface area contributed by atoms with E-state index in [1.807, 2.05) is 25.1 Å². The molecule has 0 spiro atoms. The molecule has 0 aliphatic carbocycles. The van der Waals surface area contributed by atoms with E-state index in [1.165, 1.54) is 12.1 Å². The van der Waals surface area contributed by atoms with Crippen molar-refractivity contribution in [2.45, 2.75) is 39.8 Å². The minimum Gasteiger partial charge on any atom is -0.434 e. The summed E-state index contributed by atoms with van der Waals surface area (Å²) in [5.41, 5.74) is 3.35. The van der Waals surface area contributed by atoms with E-state index in [2.05, 4.69) is 0 Å². The fourth-order valence-corrected chi connectivity index (χ4v) is 3.81. The van der Waals surface area contributed by atoms with Crippen molar-refractivity contribution in [3.8, 4) is 28.1 Å². The predicted octanol–water partition coefficient (Wildman–Crippen LogP) is 4.76. The fourth-order valence-electron chi connectivity index (χ4n) is 3.81. The summed E-state index contributed by atoms with van der Waals surface area (Å²) >= 11 is 0. The molecule has 2 heterocycles. The van der Waals surface area contributed by atoms with Crippen LogP contribution >= 0.6 is 0 Å². The van der Waals surface area contributed by atoms with Crippen LogP contribution in [0.2, 0.25) is 0 Å². The first-order valence-electron chi connectivity index (χ1n) is 10.0. The lowest BCUT2D eigenvalue weighted by Gasteiger charge is -2.18. The smallest absolute Gasteiger partial charge is 0.434 e. The maximum Gasteiger partial charge on any atom is 0.515 e. The number of hydrogen-bond donors (Lipinski definition) is 0. The van der Waals surface area contributed by atoms with Gasteiger partial charge in [0.15, 0.2) is 0 Å². The molecule has 0 bridgehead atoms. The quantitative estimate of drug-likeness (QED) is 0.582. The summed E-state index contributed by atoms with van der Waals surface area (Å²) in [6, 6.07) is 11.9. The summed E-state index contributed by atoms with van der Waals surface area (Å²) in [6.45, 7) is 4.92. The summed E-state index contributed by atoms with van der Waals surface area (Å²) in [4.78, 5) is 25.4. The van der Waals surface area contributed by atoms with Gasteiger partial charge in [-0.25, -0.2) is 13.9 Å². The van der Waals surface area contributed by atoms with Gasteiger partial charge in [-0.2, -0.15) is 0 Å². The first kappa shape index (κ1) is 19.9. The van der Waals surface area contributed by atoms with Gasteiger partial charge in [-0.3, -0.25) is 9.48 Å². The molecule has 2 aromatic carbocycles. The lowest BCUT2D eigenvalue weighted by molar-refractivity contribution is 0.0990. The molecular formula is C23H23FN2O4. The largest absolute Gasteiger partial charge is 0.515 e.